The predicted octanol–water partition coefficient (Wildman–Crippen LogP) is 5.00. The van der Waals surface area contributed by atoms with Crippen LogP contribution in [0.3, 0.4) is 0 Å². The summed E-state index contributed by atoms with van der Waals surface area (Å²) in [4.78, 5) is 11.9. The second-order valence-corrected chi connectivity index (χ2v) is 8.89. The molecule has 0 aromatic rings. The van der Waals surface area contributed by atoms with E-state index < -0.39 is 5.60 Å². The zero-order valence-corrected chi connectivity index (χ0v) is 16.1. The molecule has 0 aromatic heterocycles. The van der Waals surface area contributed by atoms with Crippen LogP contribution in [0.4, 0.5) is 4.39 Å². The second-order valence-electron chi connectivity index (χ2n) is 8.89. The fraction of sp³-hybridized carbons (Fsp3) is 0.696. The van der Waals surface area contributed by atoms with Crippen molar-refractivity contribution < 1.29 is 13.9 Å². The Bertz CT molecular complexity index is 739. The Labute approximate surface area is 156 Å². The van der Waals surface area contributed by atoms with Gasteiger partial charge >= 0.3 is 0 Å². The lowest BCUT2D eigenvalue weighted by Crippen LogP contribution is -2.53. The number of allylic oxidation sites excluding steroid dienone is 2. The maximum atomic E-state index is 14.1. The van der Waals surface area contributed by atoms with Gasteiger partial charge in [0, 0.05) is 18.9 Å². The molecule has 4 aliphatic rings. The molecule has 140 valence electrons. The van der Waals surface area contributed by atoms with Gasteiger partial charge in [-0.2, -0.15) is 0 Å². The van der Waals surface area contributed by atoms with Gasteiger partial charge in [-0.15, -0.1) is 5.92 Å². The van der Waals surface area contributed by atoms with Crippen molar-refractivity contribution in [1.82, 2.24) is 0 Å². The molecule has 6 atom stereocenters. The molecule has 4 aliphatic carbocycles. The van der Waals surface area contributed by atoms with E-state index in [1.807, 2.05) is 13.0 Å². The van der Waals surface area contributed by atoms with Crippen molar-refractivity contribution in [2.24, 2.45) is 29.1 Å². The van der Waals surface area contributed by atoms with Crippen LogP contribution in [-0.4, -0.2) is 18.5 Å². The van der Waals surface area contributed by atoms with Gasteiger partial charge in [0.15, 0.2) is 5.78 Å². The van der Waals surface area contributed by atoms with Gasteiger partial charge in [-0.05, 0) is 80.8 Å². The Kier molecular flexibility index (Phi) is 4.39. The Hall–Kier alpha value is -1.40. The SMILES string of the molecule is CC#C[C@]1(OC)CC[C@H]2[C@@H]3CCC4=CC(=O)CC[C@@H]4[C@H]3/C(=C/F)C[C@@]21C. The van der Waals surface area contributed by atoms with Crippen LogP contribution in [0.5, 0.6) is 0 Å². The maximum Gasteiger partial charge on any atom is 0.155 e. The van der Waals surface area contributed by atoms with Crippen LogP contribution in [0.1, 0.15) is 58.8 Å². The van der Waals surface area contributed by atoms with Crippen molar-refractivity contribution >= 4 is 5.78 Å². The Morgan fingerprint density at radius 1 is 1.31 bits per heavy atom. The minimum Gasteiger partial charge on any atom is -0.365 e. The topological polar surface area (TPSA) is 26.3 Å². The van der Waals surface area contributed by atoms with Crippen molar-refractivity contribution in [1.29, 1.82) is 0 Å². The summed E-state index contributed by atoms with van der Waals surface area (Å²) in [6.45, 7) is 4.14. The zero-order chi connectivity index (χ0) is 18.5. The molecule has 0 spiro atoms. The number of fused-ring (bicyclic) bond motifs is 5. The third kappa shape index (κ3) is 2.31. The number of ketones is 1. The van der Waals surface area contributed by atoms with E-state index in [-0.39, 0.29) is 17.1 Å². The summed E-state index contributed by atoms with van der Waals surface area (Å²) in [6, 6.07) is 0. The highest BCUT2D eigenvalue weighted by molar-refractivity contribution is 5.91. The lowest BCUT2D eigenvalue weighted by atomic mass is 9.49. The van der Waals surface area contributed by atoms with Gasteiger partial charge in [-0.1, -0.05) is 18.4 Å². The molecule has 0 radical (unpaired) electrons. The van der Waals surface area contributed by atoms with E-state index >= 15 is 0 Å². The summed E-state index contributed by atoms with van der Waals surface area (Å²) in [5.74, 6) is 8.30. The summed E-state index contributed by atoms with van der Waals surface area (Å²) >= 11 is 0. The molecule has 0 unspecified atom stereocenters. The van der Waals surface area contributed by atoms with E-state index in [9.17, 15) is 9.18 Å². The van der Waals surface area contributed by atoms with Gasteiger partial charge in [0.2, 0.25) is 0 Å². The highest BCUT2D eigenvalue weighted by Gasteiger charge is 2.64. The second kappa shape index (κ2) is 6.34. The van der Waals surface area contributed by atoms with Crippen LogP contribution in [-0.2, 0) is 9.53 Å². The molecule has 3 heteroatoms. The van der Waals surface area contributed by atoms with Crippen LogP contribution in [0.25, 0.3) is 0 Å². The molecular formula is C23H29FO2. The molecule has 0 aromatic carbocycles. The monoisotopic (exact) mass is 356 g/mol. The van der Waals surface area contributed by atoms with E-state index in [1.165, 1.54) is 5.57 Å². The van der Waals surface area contributed by atoms with Crippen LogP contribution in [0.15, 0.2) is 23.6 Å². The van der Waals surface area contributed by atoms with Gasteiger partial charge < -0.3 is 4.74 Å². The first kappa shape index (κ1) is 18.0. The Morgan fingerprint density at radius 2 is 2.12 bits per heavy atom. The normalized spacial score (nSPS) is 45.9. The summed E-state index contributed by atoms with van der Waals surface area (Å²) in [5, 5.41) is 0. The summed E-state index contributed by atoms with van der Waals surface area (Å²) < 4.78 is 20.2. The molecule has 26 heavy (non-hydrogen) atoms. The number of carbonyl (C=O) groups excluding carboxylic acids is 1. The van der Waals surface area contributed by atoms with Crippen molar-refractivity contribution in [2.75, 3.05) is 7.11 Å². The van der Waals surface area contributed by atoms with Gasteiger partial charge in [0.05, 0.1) is 6.33 Å². The highest BCUT2D eigenvalue weighted by atomic mass is 19.1. The number of methoxy groups -OCH3 is 1. The minimum atomic E-state index is -0.468. The largest absolute Gasteiger partial charge is 0.365 e. The molecule has 3 fully saturated rings. The fourth-order valence-electron chi connectivity index (χ4n) is 7.00. The Morgan fingerprint density at radius 3 is 2.81 bits per heavy atom. The van der Waals surface area contributed by atoms with Crippen LogP contribution in [0.2, 0.25) is 0 Å². The highest BCUT2D eigenvalue weighted by Crippen LogP contribution is 2.66. The number of rotatable bonds is 1. The number of hydrogen-bond acceptors (Lipinski definition) is 2. The van der Waals surface area contributed by atoms with Crippen LogP contribution >= 0.6 is 0 Å². The first-order valence-corrected chi connectivity index (χ1v) is 10.0. The van der Waals surface area contributed by atoms with Crippen molar-refractivity contribution in [2.45, 2.75) is 64.4 Å². The molecular weight excluding hydrogens is 327 g/mol. The average Bonchev–Trinajstić information content (AvgIpc) is 2.93. The van der Waals surface area contributed by atoms with Gasteiger partial charge in [-0.25, -0.2) is 4.39 Å². The van der Waals surface area contributed by atoms with Crippen LogP contribution < -0.4 is 0 Å². The van der Waals surface area contributed by atoms with E-state index in [0.29, 0.717) is 24.2 Å². The van der Waals surface area contributed by atoms with Gasteiger partial charge in [-0.3, -0.25) is 4.79 Å². The lowest BCUT2D eigenvalue weighted by Gasteiger charge is -2.56. The zero-order valence-electron chi connectivity index (χ0n) is 16.1. The molecule has 2 nitrogen and oxygen atoms in total. The van der Waals surface area contributed by atoms with E-state index in [4.69, 9.17) is 4.74 Å². The quantitative estimate of drug-likeness (QED) is 0.618. The number of hydrogen-bond donors (Lipinski definition) is 0. The van der Waals surface area contributed by atoms with Crippen molar-refractivity contribution in [3.8, 4) is 11.8 Å². The average molecular weight is 356 g/mol. The maximum absolute atomic E-state index is 14.1. The lowest BCUT2D eigenvalue weighted by molar-refractivity contribution is -0.116. The molecule has 4 rings (SSSR count). The minimum absolute atomic E-state index is 0.143. The van der Waals surface area contributed by atoms with Crippen molar-refractivity contribution in [3.05, 3.63) is 23.6 Å². The van der Waals surface area contributed by atoms with E-state index in [0.717, 1.165) is 50.4 Å². The third-order valence-corrected chi connectivity index (χ3v) is 8.07. The molecule has 0 amide bonds. The smallest absolute Gasteiger partial charge is 0.155 e. The number of halogens is 1. The van der Waals surface area contributed by atoms with Gasteiger partial charge in [0.1, 0.15) is 5.60 Å². The summed E-state index contributed by atoms with van der Waals surface area (Å²) in [6.07, 6.45) is 9.03. The number of ether oxygens (including phenoxy) is 1. The molecule has 3 saturated carbocycles. The standard InChI is InChI=1S/C23H29FO2/c1-4-10-23(26-3)11-9-20-19-7-5-15-12-17(25)6-8-18(15)21(19)16(14-24)13-22(20,23)2/h12,14,18-21H,5-9,11,13H2,1-3H3/b16-14+/t18-,19-,20-,21+,22-,23-/m0/s1. The van der Waals surface area contributed by atoms with Crippen molar-refractivity contribution in [3.63, 3.8) is 0 Å². The fourth-order valence-corrected chi connectivity index (χ4v) is 7.00. The summed E-state index contributed by atoms with van der Waals surface area (Å²) in [5.41, 5.74) is 1.59. The van der Waals surface area contributed by atoms with E-state index in [2.05, 4.69) is 18.8 Å². The molecule has 0 saturated heterocycles. The molecule has 0 heterocycles. The van der Waals surface area contributed by atoms with Crippen LogP contribution in [0, 0.1) is 40.9 Å². The molecule has 0 aliphatic heterocycles. The van der Waals surface area contributed by atoms with E-state index in [1.54, 1.807) is 7.11 Å². The first-order chi connectivity index (χ1) is 12.5. The Balaban J connectivity index is 1.76. The predicted molar refractivity (Wildman–Crippen MR) is 99.9 cm³/mol. The third-order valence-electron chi connectivity index (χ3n) is 8.07. The molecule has 0 bridgehead atoms. The first-order valence-electron chi connectivity index (χ1n) is 10.0. The number of carbonyl (C=O) groups is 1. The summed E-state index contributed by atoms with van der Waals surface area (Å²) in [7, 11) is 1.76. The molecule has 0 N–H and O–H groups in total. The van der Waals surface area contributed by atoms with Gasteiger partial charge in [0.25, 0.3) is 0 Å².